The summed E-state index contributed by atoms with van der Waals surface area (Å²) < 4.78 is 0. The molecule has 2 aliphatic heterocycles. The van der Waals surface area contributed by atoms with Crippen molar-refractivity contribution in [1.29, 1.82) is 0 Å². The number of carbonyl (C=O) groups excluding carboxylic acids is 1. The number of para-hydroxylation sites is 1. The quantitative estimate of drug-likeness (QED) is 0.291. The summed E-state index contributed by atoms with van der Waals surface area (Å²) in [4.78, 5) is 22.1. The van der Waals surface area contributed by atoms with Crippen molar-refractivity contribution in [2.24, 2.45) is 5.92 Å². The van der Waals surface area contributed by atoms with Gasteiger partial charge in [-0.3, -0.25) is 9.69 Å². The molecule has 3 aromatic carbocycles. The van der Waals surface area contributed by atoms with Gasteiger partial charge in [0.05, 0.1) is 0 Å². The van der Waals surface area contributed by atoms with Crippen LogP contribution in [0.4, 0.5) is 0 Å². The lowest BCUT2D eigenvalue weighted by atomic mass is 9.84. The van der Waals surface area contributed by atoms with Crippen LogP contribution in [0.2, 0.25) is 0 Å². The van der Waals surface area contributed by atoms with Gasteiger partial charge in [-0.05, 0) is 99.2 Å². The molecule has 4 heteroatoms. The second-order valence-corrected chi connectivity index (χ2v) is 11.8. The van der Waals surface area contributed by atoms with Crippen molar-refractivity contribution in [2.75, 3.05) is 26.2 Å². The Bertz CT molecular complexity index is 1400. The fraction of sp³-hybridized carbons (Fsp3) is 0.400. The number of rotatable bonds is 6. The molecule has 1 aromatic heterocycles. The molecule has 4 aromatic rings. The number of nitrogens with zero attached hydrogens (tertiary/aromatic N) is 2. The van der Waals surface area contributed by atoms with Crippen LogP contribution >= 0.6 is 0 Å². The molecule has 0 bridgehead atoms. The Kier molecular flexibility index (Phi) is 7.56. The van der Waals surface area contributed by atoms with Gasteiger partial charge < -0.3 is 9.88 Å². The van der Waals surface area contributed by atoms with E-state index < -0.39 is 0 Å². The molecule has 0 atom stereocenters. The fourth-order valence-electron chi connectivity index (χ4n) is 7.07. The van der Waals surface area contributed by atoms with Crippen LogP contribution in [0.3, 0.4) is 0 Å². The van der Waals surface area contributed by atoms with E-state index >= 15 is 0 Å². The summed E-state index contributed by atoms with van der Waals surface area (Å²) in [5.74, 6) is 1.45. The predicted molar refractivity (Wildman–Crippen MR) is 160 cm³/mol. The molecule has 0 saturated carbocycles. The lowest BCUT2D eigenvalue weighted by molar-refractivity contribution is 0.0683. The largest absolute Gasteiger partial charge is 0.350 e. The summed E-state index contributed by atoms with van der Waals surface area (Å²) in [7, 11) is 0. The molecule has 1 amide bonds. The Labute approximate surface area is 233 Å². The molecule has 0 spiro atoms. The SMILES string of the molecule is Cc1cccc(C)c1C1CCN(Cc2c(C(=O)N3CCC(Cc4ccccc4)CC3)[nH]c3ccccc23)CC1. The van der Waals surface area contributed by atoms with Gasteiger partial charge in [-0.1, -0.05) is 66.7 Å². The molecular formula is C35H41N3O. The molecule has 3 heterocycles. The molecule has 2 aliphatic rings. The molecule has 39 heavy (non-hydrogen) atoms. The van der Waals surface area contributed by atoms with E-state index in [1.165, 1.54) is 40.5 Å². The maximum Gasteiger partial charge on any atom is 0.270 e. The van der Waals surface area contributed by atoms with E-state index in [0.717, 1.165) is 63.2 Å². The van der Waals surface area contributed by atoms with Crippen LogP contribution in [0.1, 0.15) is 69.9 Å². The molecule has 202 valence electrons. The molecule has 2 saturated heterocycles. The smallest absolute Gasteiger partial charge is 0.270 e. The normalized spacial score (nSPS) is 17.6. The molecule has 0 unspecified atom stereocenters. The first kappa shape index (κ1) is 25.9. The topological polar surface area (TPSA) is 39.3 Å². The lowest BCUT2D eigenvalue weighted by Crippen LogP contribution is -2.40. The van der Waals surface area contributed by atoms with Gasteiger partial charge in [-0.2, -0.15) is 0 Å². The monoisotopic (exact) mass is 519 g/mol. The van der Waals surface area contributed by atoms with Gasteiger partial charge in [0.15, 0.2) is 0 Å². The van der Waals surface area contributed by atoms with Crippen molar-refractivity contribution < 1.29 is 4.79 Å². The zero-order valence-electron chi connectivity index (χ0n) is 23.5. The third-order valence-electron chi connectivity index (χ3n) is 9.22. The number of hydrogen-bond acceptors (Lipinski definition) is 2. The van der Waals surface area contributed by atoms with Gasteiger partial charge in [0.2, 0.25) is 0 Å². The zero-order valence-corrected chi connectivity index (χ0v) is 23.5. The van der Waals surface area contributed by atoms with Crippen LogP contribution in [0, 0.1) is 19.8 Å². The molecule has 0 radical (unpaired) electrons. The number of H-pyrrole nitrogens is 1. The van der Waals surface area contributed by atoms with E-state index in [0.29, 0.717) is 11.8 Å². The Morgan fingerprint density at radius 2 is 1.46 bits per heavy atom. The number of aromatic nitrogens is 1. The van der Waals surface area contributed by atoms with Crippen molar-refractivity contribution >= 4 is 16.8 Å². The first-order valence-electron chi connectivity index (χ1n) is 14.8. The lowest BCUT2D eigenvalue weighted by Gasteiger charge is -2.34. The van der Waals surface area contributed by atoms with Gasteiger partial charge >= 0.3 is 0 Å². The van der Waals surface area contributed by atoms with Crippen molar-refractivity contribution in [3.8, 4) is 0 Å². The maximum atomic E-state index is 13.9. The van der Waals surface area contributed by atoms with Crippen LogP contribution in [-0.2, 0) is 13.0 Å². The highest BCUT2D eigenvalue weighted by atomic mass is 16.2. The number of likely N-dealkylation sites (tertiary alicyclic amines) is 2. The van der Waals surface area contributed by atoms with Crippen molar-refractivity contribution in [1.82, 2.24) is 14.8 Å². The van der Waals surface area contributed by atoms with Crippen LogP contribution in [0.5, 0.6) is 0 Å². The molecular weight excluding hydrogens is 478 g/mol. The Balaban J connectivity index is 1.14. The number of aromatic amines is 1. The molecule has 0 aliphatic carbocycles. The van der Waals surface area contributed by atoms with Crippen molar-refractivity contribution in [2.45, 2.75) is 58.4 Å². The maximum absolute atomic E-state index is 13.9. The first-order chi connectivity index (χ1) is 19.1. The number of hydrogen-bond donors (Lipinski definition) is 1. The van der Waals surface area contributed by atoms with E-state index in [9.17, 15) is 4.79 Å². The fourth-order valence-corrected chi connectivity index (χ4v) is 7.07. The van der Waals surface area contributed by atoms with Gasteiger partial charge in [-0.15, -0.1) is 0 Å². The Hall–Kier alpha value is -3.37. The predicted octanol–water partition coefficient (Wildman–Crippen LogP) is 7.26. The van der Waals surface area contributed by atoms with E-state index in [4.69, 9.17) is 0 Å². The highest BCUT2D eigenvalue weighted by Gasteiger charge is 2.29. The van der Waals surface area contributed by atoms with Crippen LogP contribution in [-0.4, -0.2) is 46.9 Å². The molecule has 1 N–H and O–H groups in total. The average molecular weight is 520 g/mol. The number of piperidine rings is 2. The standard InChI is InChI=1S/C35H41N3O/c1-25-9-8-10-26(2)33(25)29-17-19-37(20-18-29)24-31-30-13-6-7-14-32(30)36-34(31)35(39)38-21-15-28(16-22-38)23-27-11-4-3-5-12-27/h3-14,28-29,36H,15-24H2,1-2H3. The number of nitrogens with one attached hydrogen (secondary N) is 1. The second-order valence-electron chi connectivity index (χ2n) is 11.8. The van der Waals surface area contributed by atoms with E-state index in [1.54, 1.807) is 5.56 Å². The minimum absolute atomic E-state index is 0.171. The van der Waals surface area contributed by atoms with E-state index in [1.807, 2.05) is 0 Å². The Morgan fingerprint density at radius 3 is 2.18 bits per heavy atom. The summed E-state index contributed by atoms with van der Waals surface area (Å²) in [5, 5.41) is 1.19. The van der Waals surface area contributed by atoms with Gasteiger partial charge in [0.25, 0.3) is 5.91 Å². The van der Waals surface area contributed by atoms with Crippen LogP contribution in [0.25, 0.3) is 10.9 Å². The summed E-state index contributed by atoms with van der Waals surface area (Å²) in [6, 6.07) is 25.9. The highest BCUT2D eigenvalue weighted by molar-refractivity contribution is 6.01. The molecule has 2 fully saturated rings. The van der Waals surface area contributed by atoms with Crippen molar-refractivity contribution in [3.63, 3.8) is 0 Å². The number of fused-ring (bicyclic) bond motifs is 1. The van der Waals surface area contributed by atoms with E-state index in [-0.39, 0.29) is 5.91 Å². The third kappa shape index (κ3) is 5.53. The summed E-state index contributed by atoms with van der Waals surface area (Å²) in [5.41, 5.74) is 8.84. The summed E-state index contributed by atoms with van der Waals surface area (Å²) in [6.45, 7) is 9.15. The van der Waals surface area contributed by atoms with E-state index in [2.05, 4.69) is 101 Å². The Morgan fingerprint density at radius 1 is 0.795 bits per heavy atom. The first-order valence-corrected chi connectivity index (χ1v) is 14.8. The number of benzene rings is 3. The average Bonchev–Trinajstić information content (AvgIpc) is 3.33. The summed E-state index contributed by atoms with van der Waals surface area (Å²) in [6.07, 6.45) is 5.60. The molecule has 6 rings (SSSR count). The third-order valence-corrected chi connectivity index (χ3v) is 9.22. The molecule has 4 nitrogen and oxygen atoms in total. The minimum atomic E-state index is 0.171. The van der Waals surface area contributed by atoms with Crippen LogP contribution in [0.15, 0.2) is 72.8 Å². The van der Waals surface area contributed by atoms with Crippen molar-refractivity contribution in [3.05, 3.63) is 106 Å². The number of amides is 1. The van der Waals surface area contributed by atoms with Crippen LogP contribution < -0.4 is 0 Å². The van der Waals surface area contributed by atoms with Gasteiger partial charge in [0.1, 0.15) is 5.69 Å². The number of aryl methyl sites for hydroxylation is 2. The summed E-state index contributed by atoms with van der Waals surface area (Å²) >= 11 is 0. The van der Waals surface area contributed by atoms with Gasteiger partial charge in [-0.25, -0.2) is 0 Å². The van der Waals surface area contributed by atoms with Gasteiger partial charge in [0, 0.05) is 36.1 Å². The highest BCUT2D eigenvalue weighted by Crippen LogP contribution is 2.34. The number of carbonyl (C=O) groups is 1. The zero-order chi connectivity index (χ0) is 26.8. The second kappa shape index (κ2) is 11.4. The minimum Gasteiger partial charge on any atom is -0.350 e.